The summed E-state index contributed by atoms with van der Waals surface area (Å²) in [5, 5.41) is 16.5. The monoisotopic (exact) mass is 492 g/mol. The normalized spacial score (nSPS) is 28.1. The first kappa shape index (κ1) is 23.6. The molecular weight excluding hydrogens is 457 g/mol. The number of ether oxygens (including phenoxy) is 1. The van der Waals surface area contributed by atoms with Gasteiger partial charge in [-0.2, -0.15) is 4.98 Å². The van der Waals surface area contributed by atoms with E-state index in [1.165, 1.54) is 18.6 Å². The summed E-state index contributed by atoms with van der Waals surface area (Å²) in [5.74, 6) is 1.82. The van der Waals surface area contributed by atoms with Crippen LogP contribution < -0.4 is 4.74 Å². The number of hydrogen-bond acceptors (Lipinski definition) is 5. The van der Waals surface area contributed by atoms with Crippen molar-refractivity contribution in [3.63, 3.8) is 0 Å². The van der Waals surface area contributed by atoms with Crippen molar-refractivity contribution in [1.82, 2.24) is 10.1 Å². The zero-order valence-electron chi connectivity index (χ0n) is 20.7. The molecule has 7 rings (SSSR count). The van der Waals surface area contributed by atoms with E-state index in [0.29, 0.717) is 29.9 Å². The maximum atomic E-state index is 13.7. The predicted molar refractivity (Wildman–Crippen MR) is 132 cm³/mol. The summed E-state index contributed by atoms with van der Waals surface area (Å²) < 4.78 is 26.6. The summed E-state index contributed by atoms with van der Waals surface area (Å²) in [6.45, 7) is 3.54. The van der Waals surface area contributed by atoms with Crippen LogP contribution in [-0.2, 0) is 12.1 Å². The Morgan fingerprint density at radius 3 is 2.53 bits per heavy atom. The quantitative estimate of drug-likeness (QED) is 0.459. The number of nitrogens with zero attached hydrogens (tertiary/aromatic N) is 3. The van der Waals surface area contributed by atoms with E-state index >= 15 is 0 Å². The Labute approximate surface area is 211 Å². The van der Waals surface area contributed by atoms with E-state index in [9.17, 15) is 9.50 Å². The van der Waals surface area contributed by atoms with E-state index in [1.807, 2.05) is 36.4 Å². The lowest BCUT2D eigenvalue weighted by molar-refractivity contribution is -0.959. The maximum absolute atomic E-state index is 13.7. The number of hydrogen-bond donors (Lipinski definition) is 1. The van der Waals surface area contributed by atoms with Gasteiger partial charge in [-0.05, 0) is 36.5 Å². The predicted octanol–water partition coefficient (Wildman–Crippen LogP) is 5.21. The molecule has 0 radical (unpaired) electrons. The minimum atomic E-state index is -1.25. The largest absolute Gasteiger partial charge is 0.484 e. The standard InChI is InChI=1S/C29H35FN3O3/c30-24-12-7-13-25(18-24)35-26-19-33(16-14-21(26)15-17-33)20-27-31-28(32-36-27)29(34,22-8-3-1-4-9-22)23-10-5-2-6-11-23/h1,3-4,7-9,12-13,18,21,23,26,34H,2,5-6,10-11,14-17,19-20H2/q+1/t21?,26-,29?,33?/m0/s1. The molecule has 3 aliphatic heterocycles. The van der Waals surface area contributed by atoms with Crippen LogP contribution >= 0.6 is 0 Å². The molecule has 4 aliphatic rings. The van der Waals surface area contributed by atoms with Crippen LogP contribution in [0.1, 0.15) is 62.2 Å². The number of benzene rings is 2. The number of quaternary nitrogens is 1. The molecular formula is C29H35FN3O3+. The van der Waals surface area contributed by atoms with E-state index in [2.05, 4.69) is 5.16 Å². The summed E-state index contributed by atoms with van der Waals surface area (Å²) >= 11 is 0. The Hall–Kier alpha value is -2.77. The summed E-state index contributed by atoms with van der Waals surface area (Å²) in [6, 6.07) is 16.2. The Balaban J connectivity index is 1.23. The maximum Gasteiger partial charge on any atom is 0.282 e. The first-order chi connectivity index (χ1) is 17.5. The third-order valence-corrected chi connectivity index (χ3v) is 8.81. The van der Waals surface area contributed by atoms with Crippen molar-refractivity contribution in [3.05, 3.63) is 77.7 Å². The fourth-order valence-corrected chi connectivity index (χ4v) is 6.81. The number of piperidine rings is 3. The Morgan fingerprint density at radius 2 is 1.78 bits per heavy atom. The molecule has 1 aliphatic carbocycles. The van der Waals surface area contributed by atoms with Crippen LogP contribution in [0.4, 0.5) is 4.39 Å². The SMILES string of the molecule is OC(c1ccccc1)(c1noc(C[N+]23CCC(CC2)[C@@H](Oc2cccc(F)c2)C3)n1)C1CCCCC1. The molecule has 2 aromatic carbocycles. The van der Waals surface area contributed by atoms with E-state index < -0.39 is 5.60 Å². The molecule has 36 heavy (non-hydrogen) atoms. The van der Waals surface area contributed by atoms with Crippen molar-refractivity contribution < 1.29 is 23.2 Å². The lowest BCUT2D eigenvalue weighted by Gasteiger charge is -2.51. The Morgan fingerprint density at radius 1 is 1.00 bits per heavy atom. The number of aliphatic hydroxyl groups is 1. The van der Waals surface area contributed by atoms with Crippen molar-refractivity contribution in [1.29, 1.82) is 0 Å². The van der Waals surface area contributed by atoms with Crippen LogP contribution in [0, 0.1) is 17.7 Å². The number of aromatic nitrogens is 2. The van der Waals surface area contributed by atoms with Crippen LogP contribution in [0.5, 0.6) is 5.75 Å². The number of halogens is 1. The number of rotatable bonds is 7. The molecule has 0 spiro atoms. The molecule has 1 unspecified atom stereocenters. The Bertz CT molecular complexity index is 1170. The highest BCUT2D eigenvalue weighted by atomic mass is 19.1. The van der Waals surface area contributed by atoms with Gasteiger partial charge in [0.05, 0.1) is 13.1 Å². The van der Waals surface area contributed by atoms with Crippen molar-refractivity contribution in [2.45, 2.75) is 63.2 Å². The van der Waals surface area contributed by atoms with E-state index in [0.717, 1.165) is 68.2 Å². The molecule has 1 aromatic heterocycles. The molecule has 4 fully saturated rings. The molecule has 1 saturated carbocycles. The summed E-state index contributed by atoms with van der Waals surface area (Å²) in [6.07, 6.45) is 7.51. The van der Waals surface area contributed by atoms with Gasteiger partial charge in [0.15, 0.2) is 18.2 Å². The molecule has 6 nitrogen and oxygen atoms in total. The average molecular weight is 493 g/mol. The lowest BCUT2D eigenvalue weighted by Crippen LogP contribution is -2.64. The summed E-state index contributed by atoms with van der Waals surface area (Å²) in [5.41, 5.74) is -0.417. The van der Waals surface area contributed by atoms with Gasteiger partial charge >= 0.3 is 0 Å². The first-order valence-electron chi connectivity index (χ1n) is 13.4. The fourth-order valence-electron chi connectivity index (χ4n) is 6.81. The second kappa shape index (κ2) is 9.60. The topological polar surface area (TPSA) is 68.4 Å². The van der Waals surface area contributed by atoms with Crippen molar-refractivity contribution in [2.75, 3.05) is 19.6 Å². The van der Waals surface area contributed by atoms with Gasteiger partial charge in [0.25, 0.3) is 5.89 Å². The van der Waals surface area contributed by atoms with Crippen LogP contribution in [0.2, 0.25) is 0 Å². The van der Waals surface area contributed by atoms with Gasteiger partial charge in [-0.1, -0.05) is 60.8 Å². The molecule has 7 heteroatoms. The van der Waals surface area contributed by atoms with Gasteiger partial charge in [-0.25, -0.2) is 4.39 Å². The molecule has 2 bridgehead atoms. The van der Waals surface area contributed by atoms with Gasteiger partial charge in [0.2, 0.25) is 5.82 Å². The Kier molecular flexibility index (Phi) is 6.30. The van der Waals surface area contributed by atoms with Crippen molar-refractivity contribution in [3.8, 4) is 5.75 Å². The lowest BCUT2D eigenvalue weighted by atomic mass is 9.73. The second-order valence-electron chi connectivity index (χ2n) is 11.1. The second-order valence-corrected chi connectivity index (χ2v) is 11.1. The zero-order valence-corrected chi connectivity index (χ0v) is 20.7. The first-order valence-corrected chi connectivity index (χ1v) is 13.4. The molecule has 1 N–H and O–H groups in total. The fraction of sp³-hybridized carbons (Fsp3) is 0.517. The smallest absolute Gasteiger partial charge is 0.282 e. The van der Waals surface area contributed by atoms with E-state index in [-0.39, 0.29) is 17.8 Å². The summed E-state index contributed by atoms with van der Waals surface area (Å²) in [4.78, 5) is 4.83. The van der Waals surface area contributed by atoms with Gasteiger partial charge < -0.3 is 18.8 Å². The molecule has 4 heterocycles. The van der Waals surface area contributed by atoms with Gasteiger partial charge in [-0.3, -0.25) is 0 Å². The van der Waals surface area contributed by atoms with Gasteiger partial charge in [0, 0.05) is 24.8 Å². The van der Waals surface area contributed by atoms with Crippen LogP contribution in [0.25, 0.3) is 0 Å². The molecule has 3 aromatic rings. The molecule has 0 amide bonds. The average Bonchev–Trinajstić information content (AvgIpc) is 3.38. The van der Waals surface area contributed by atoms with Crippen molar-refractivity contribution in [2.24, 2.45) is 11.8 Å². The summed E-state index contributed by atoms with van der Waals surface area (Å²) in [7, 11) is 0. The third-order valence-electron chi connectivity index (χ3n) is 8.81. The molecule has 3 saturated heterocycles. The van der Waals surface area contributed by atoms with E-state index in [1.54, 1.807) is 6.07 Å². The third kappa shape index (κ3) is 4.43. The highest BCUT2D eigenvalue weighted by molar-refractivity contribution is 5.30. The number of fused-ring (bicyclic) bond motifs is 3. The van der Waals surface area contributed by atoms with Gasteiger partial charge in [0.1, 0.15) is 18.1 Å². The van der Waals surface area contributed by atoms with Crippen LogP contribution in [0.3, 0.4) is 0 Å². The van der Waals surface area contributed by atoms with Crippen LogP contribution in [0.15, 0.2) is 59.1 Å². The molecule has 190 valence electrons. The minimum Gasteiger partial charge on any atom is -0.484 e. The highest BCUT2D eigenvalue weighted by Crippen LogP contribution is 2.43. The zero-order chi connectivity index (χ0) is 24.6. The van der Waals surface area contributed by atoms with Gasteiger partial charge in [-0.15, -0.1) is 0 Å². The van der Waals surface area contributed by atoms with Crippen molar-refractivity contribution >= 4 is 0 Å². The van der Waals surface area contributed by atoms with E-state index in [4.69, 9.17) is 14.2 Å². The minimum absolute atomic E-state index is 0.0418. The van der Waals surface area contributed by atoms with Crippen LogP contribution in [-0.4, -0.2) is 45.5 Å². The highest BCUT2D eigenvalue weighted by Gasteiger charge is 2.49. The molecule has 2 atom stereocenters.